The molecule has 1 aliphatic carbocycles. The van der Waals surface area contributed by atoms with E-state index < -0.39 is 0 Å². The number of hydrogen-bond donors (Lipinski definition) is 1. The van der Waals surface area contributed by atoms with Gasteiger partial charge in [-0.25, -0.2) is 0 Å². The zero-order valence-electron chi connectivity index (χ0n) is 10.9. The Kier molecular flexibility index (Phi) is 2.92. The fraction of sp³-hybridized carbons (Fsp3) is 0.400. The quantitative estimate of drug-likeness (QED) is 0.894. The molecule has 1 N–H and O–H groups in total. The minimum absolute atomic E-state index is 0.698. The van der Waals surface area contributed by atoms with Gasteiger partial charge in [-0.3, -0.25) is 0 Å². The maximum atomic E-state index is 5.48. The fourth-order valence-electron chi connectivity index (χ4n) is 2.04. The molecule has 0 bridgehead atoms. The standard InChI is InChI=1S/C15H18N2O/c1-10-3-5-12(6-4-10)15-11(2)14(17-18-15)9-16-13-7-8-13/h3-6,13,16H,7-9H2,1-2H3. The molecule has 0 unspecified atom stereocenters. The first kappa shape index (κ1) is 11.5. The molecule has 1 aromatic heterocycles. The molecule has 1 fully saturated rings. The monoisotopic (exact) mass is 242 g/mol. The molecule has 18 heavy (non-hydrogen) atoms. The summed E-state index contributed by atoms with van der Waals surface area (Å²) in [5.74, 6) is 0.891. The summed E-state index contributed by atoms with van der Waals surface area (Å²) in [4.78, 5) is 0. The smallest absolute Gasteiger partial charge is 0.170 e. The van der Waals surface area contributed by atoms with Crippen LogP contribution >= 0.6 is 0 Å². The lowest BCUT2D eigenvalue weighted by Crippen LogP contribution is -2.16. The Bertz CT molecular complexity index is 538. The van der Waals surface area contributed by atoms with Crippen LogP contribution in [0, 0.1) is 13.8 Å². The highest BCUT2D eigenvalue weighted by molar-refractivity contribution is 5.61. The van der Waals surface area contributed by atoms with Gasteiger partial charge in [0, 0.05) is 23.7 Å². The van der Waals surface area contributed by atoms with Crippen molar-refractivity contribution in [3.05, 3.63) is 41.1 Å². The normalized spacial score (nSPS) is 15.0. The third-order valence-corrected chi connectivity index (χ3v) is 3.47. The van der Waals surface area contributed by atoms with E-state index in [1.54, 1.807) is 0 Å². The predicted octanol–water partition coefficient (Wildman–Crippen LogP) is 3.21. The van der Waals surface area contributed by atoms with E-state index in [9.17, 15) is 0 Å². The third kappa shape index (κ3) is 2.31. The molecule has 1 aliphatic rings. The van der Waals surface area contributed by atoms with Gasteiger partial charge in [-0.15, -0.1) is 0 Å². The molecular weight excluding hydrogens is 224 g/mol. The number of nitrogens with one attached hydrogen (secondary N) is 1. The molecule has 3 heteroatoms. The average Bonchev–Trinajstić information content (AvgIpc) is 3.13. The van der Waals surface area contributed by atoms with Crippen molar-refractivity contribution in [3.8, 4) is 11.3 Å². The van der Waals surface area contributed by atoms with Gasteiger partial charge >= 0.3 is 0 Å². The van der Waals surface area contributed by atoms with E-state index >= 15 is 0 Å². The molecule has 0 radical (unpaired) electrons. The molecule has 3 nitrogen and oxygen atoms in total. The van der Waals surface area contributed by atoms with Crippen molar-refractivity contribution in [1.82, 2.24) is 10.5 Å². The molecular formula is C15H18N2O. The van der Waals surface area contributed by atoms with Crippen LogP contribution in [0.25, 0.3) is 11.3 Å². The number of aryl methyl sites for hydroxylation is 1. The van der Waals surface area contributed by atoms with E-state index in [0.717, 1.165) is 29.1 Å². The number of benzene rings is 1. The summed E-state index contributed by atoms with van der Waals surface area (Å²) in [6.45, 7) is 4.98. The van der Waals surface area contributed by atoms with Crippen LogP contribution in [-0.2, 0) is 6.54 Å². The van der Waals surface area contributed by atoms with Crippen molar-refractivity contribution in [2.24, 2.45) is 0 Å². The van der Waals surface area contributed by atoms with Gasteiger partial charge in [-0.1, -0.05) is 35.0 Å². The lowest BCUT2D eigenvalue weighted by molar-refractivity contribution is 0.419. The van der Waals surface area contributed by atoms with E-state index in [0.29, 0.717) is 6.04 Å². The zero-order chi connectivity index (χ0) is 12.5. The molecule has 1 aromatic carbocycles. The van der Waals surface area contributed by atoms with Crippen molar-refractivity contribution < 1.29 is 4.52 Å². The van der Waals surface area contributed by atoms with E-state index in [1.807, 2.05) is 0 Å². The maximum absolute atomic E-state index is 5.48. The topological polar surface area (TPSA) is 38.1 Å². The molecule has 0 saturated heterocycles. The number of rotatable bonds is 4. The first-order valence-corrected chi connectivity index (χ1v) is 6.49. The summed E-state index contributed by atoms with van der Waals surface area (Å²) in [7, 11) is 0. The van der Waals surface area contributed by atoms with Gasteiger partial charge in [-0.05, 0) is 26.7 Å². The Labute approximate surface area is 107 Å². The van der Waals surface area contributed by atoms with Gasteiger partial charge in [-0.2, -0.15) is 0 Å². The second-order valence-electron chi connectivity index (χ2n) is 5.10. The van der Waals surface area contributed by atoms with Crippen LogP contribution in [0.5, 0.6) is 0 Å². The fourth-order valence-corrected chi connectivity index (χ4v) is 2.04. The van der Waals surface area contributed by atoms with Gasteiger partial charge in [0.15, 0.2) is 5.76 Å². The Balaban J connectivity index is 1.81. The summed E-state index contributed by atoms with van der Waals surface area (Å²) in [5.41, 5.74) is 4.53. The predicted molar refractivity (Wildman–Crippen MR) is 71.3 cm³/mol. The largest absolute Gasteiger partial charge is 0.356 e. The summed E-state index contributed by atoms with van der Waals surface area (Å²) in [6, 6.07) is 9.06. The van der Waals surface area contributed by atoms with Crippen molar-refractivity contribution >= 4 is 0 Å². The van der Waals surface area contributed by atoms with E-state index in [-0.39, 0.29) is 0 Å². The Hall–Kier alpha value is -1.61. The molecule has 1 heterocycles. The summed E-state index contributed by atoms with van der Waals surface area (Å²) in [6.07, 6.45) is 2.59. The second-order valence-corrected chi connectivity index (χ2v) is 5.10. The molecule has 0 spiro atoms. The molecule has 3 rings (SSSR count). The average molecular weight is 242 g/mol. The lowest BCUT2D eigenvalue weighted by Gasteiger charge is -2.00. The minimum Gasteiger partial charge on any atom is -0.356 e. The highest BCUT2D eigenvalue weighted by atomic mass is 16.5. The molecule has 0 amide bonds. The maximum Gasteiger partial charge on any atom is 0.170 e. The summed E-state index contributed by atoms with van der Waals surface area (Å²) in [5, 5.41) is 7.64. The van der Waals surface area contributed by atoms with Crippen LogP contribution in [-0.4, -0.2) is 11.2 Å². The SMILES string of the molecule is Cc1ccc(-c2onc(CNC3CC3)c2C)cc1. The second kappa shape index (κ2) is 4.58. The number of aromatic nitrogens is 1. The van der Waals surface area contributed by atoms with E-state index in [1.165, 1.54) is 18.4 Å². The van der Waals surface area contributed by atoms with Gasteiger partial charge in [0.05, 0.1) is 0 Å². The van der Waals surface area contributed by atoms with Gasteiger partial charge < -0.3 is 9.84 Å². The first-order valence-electron chi connectivity index (χ1n) is 6.49. The highest BCUT2D eigenvalue weighted by Crippen LogP contribution is 2.26. The van der Waals surface area contributed by atoms with Crippen LogP contribution in [0.3, 0.4) is 0 Å². The van der Waals surface area contributed by atoms with Crippen LogP contribution in [0.1, 0.15) is 29.7 Å². The van der Waals surface area contributed by atoms with Crippen LogP contribution in [0.4, 0.5) is 0 Å². The molecule has 2 aromatic rings. The van der Waals surface area contributed by atoms with Crippen LogP contribution < -0.4 is 5.32 Å². The highest BCUT2D eigenvalue weighted by Gasteiger charge is 2.22. The zero-order valence-corrected chi connectivity index (χ0v) is 10.9. The first-order chi connectivity index (χ1) is 8.74. The number of nitrogens with zero attached hydrogens (tertiary/aromatic N) is 1. The molecule has 1 saturated carbocycles. The van der Waals surface area contributed by atoms with Crippen molar-refractivity contribution in [1.29, 1.82) is 0 Å². The molecule has 0 atom stereocenters. The van der Waals surface area contributed by atoms with Gasteiger partial charge in [0.25, 0.3) is 0 Å². The Morgan fingerprint density at radius 2 is 1.94 bits per heavy atom. The Morgan fingerprint density at radius 1 is 1.22 bits per heavy atom. The van der Waals surface area contributed by atoms with Crippen LogP contribution in [0.2, 0.25) is 0 Å². The van der Waals surface area contributed by atoms with Gasteiger partial charge in [0.1, 0.15) is 5.69 Å². The Morgan fingerprint density at radius 3 is 2.61 bits per heavy atom. The molecule has 0 aliphatic heterocycles. The summed E-state index contributed by atoms with van der Waals surface area (Å²) >= 11 is 0. The van der Waals surface area contributed by atoms with Crippen LogP contribution in [0.15, 0.2) is 28.8 Å². The van der Waals surface area contributed by atoms with Crippen molar-refractivity contribution in [2.45, 2.75) is 39.3 Å². The number of hydrogen-bond acceptors (Lipinski definition) is 3. The molecule has 94 valence electrons. The lowest BCUT2D eigenvalue weighted by atomic mass is 10.1. The van der Waals surface area contributed by atoms with E-state index in [2.05, 4.69) is 48.6 Å². The third-order valence-electron chi connectivity index (χ3n) is 3.47. The van der Waals surface area contributed by atoms with Crippen molar-refractivity contribution in [2.75, 3.05) is 0 Å². The minimum atomic E-state index is 0.698. The van der Waals surface area contributed by atoms with Gasteiger partial charge in [0.2, 0.25) is 0 Å². The van der Waals surface area contributed by atoms with Crippen molar-refractivity contribution in [3.63, 3.8) is 0 Å². The van der Waals surface area contributed by atoms with E-state index in [4.69, 9.17) is 4.52 Å². The summed E-state index contributed by atoms with van der Waals surface area (Å²) < 4.78 is 5.48.